The van der Waals surface area contributed by atoms with E-state index in [9.17, 15) is 0 Å². The standard InChI is InChI=1S/C16H23N3O2/c1-4-19-12-14(17-18-19)9-7-13-8-10-15(20-5-2)16(11-13)21-6-3/h8,10-12H,4-7,9H2,1-3H3. The van der Waals surface area contributed by atoms with Gasteiger partial charge in [0.15, 0.2) is 11.5 Å². The minimum absolute atomic E-state index is 0.633. The summed E-state index contributed by atoms with van der Waals surface area (Å²) in [5, 5.41) is 8.22. The van der Waals surface area contributed by atoms with Crippen molar-refractivity contribution in [2.75, 3.05) is 13.2 Å². The van der Waals surface area contributed by atoms with Gasteiger partial charge in [-0.2, -0.15) is 0 Å². The molecule has 0 unspecified atom stereocenters. The molecule has 0 saturated carbocycles. The van der Waals surface area contributed by atoms with Crippen molar-refractivity contribution in [3.05, 3.63) is 35.7 Å². The normalized spacial score (nSPS) is 10.6. The molecule has 0 N–H and O–H groups in total. The predicted octanol–water partition coefficient (Wildman–Crippen LogP) is 2.88. The van der Waals surface area contributed by atoms with Crippen LogP contribution >= 0.6 is 0 Å². The van der Waals surface area contributed by atoms with E-state index in [0.717, 1.165) is 36.6 Å². The molecule has 5 nitrogen and oxygen atoms in total. The van der Waals surface area contributed by atoms with Crippen molar-refractivity contribution < 1.29 is 9.47 Å². The first-order chi connectivity index (χ1) is 10.3. The largest absolute Gasteiger partial charge is 0.490 e. The molecule has 0 saturated heterocycles. The van der Waals surface area contributed by atoms with Crippen LogP contribution in [0, 0.1) is 0 Å². The van der Waals surface area contributed by atoms with Crippen LogP contribution in [0.5, 0.6) is 11.5 Å². The molecule has 1 aromatic heterocycles. The van der Waals surface area contributed by atoms with E-state index in [4.69, 9.17) is 9.47 Å². The average molecular weight is 289 g/mol. The molecule has 0 spiro atoms. The summed E-state index contributed by atoms with van der Waals surface area (Å²) >= 11 is 0. The lowest BCUT2D eigenvalue weighted by Gasteiger charge is -2.12. The smallest absolute Gasteiger partial charge is 0.161 e. The fraction of sp³-hybridized carbons (Fsp3) is 0.500. The Balaban J connectivity index is 2.03. The van der Waals surface area contributed by atoms with Gasteiger partial charge in [0.25, 0.3) is 0 Å². The minimum atomic E-state index is 0.633. The minimum Gasteiger partial charge on any atom is -0.490 e. The van der Waals surface area contributed by atoms with Gasteiger partial charge >= 0.3 is 0 Å². The second kappa shape index (κ2) is 7.67. The molecule has 0 aliphatic carbocycles. The molecule has 0 aliphatic heterocycles. The molecule has 0 radical (unpaired) electrons. The van der Waals surface area contributed by atoms with E-state index in [1.807, 2.05) is 30.8 Å². The Labute approximate surface area is 125 Å². The van der Waals surface area contributed by atoms with Gasteiger partial charge in [0, 0.05) is 12.7 Å². The molecule has 2 aromatic rings. The van der Waals surface area contributed by atoms with Crippen LogP contribution in [0.2, 0.25) is 0 Å². The molecule has 1 aromatic carbocycles. The van der Waals surface area contributed by atoms with Crippen LogP contribution in [0.1, 0.15) is 32.0 Å². The molecule has 5 heteroatoms. The number of aryl methyl sites for hydroxylation is 3. The first-order valence-electron chi connectivity index (χ1n) is 7.54. The van der Waals surface area contributed by atoms with E-state index in [1.165, 1.54) is 5.56 Å². The predicted molar refractivity (Wildman–Crippen MR) is 81.9 cm³/mol. The van der Waals surface area contributed by atoms with Crippen LogP contribution in [0.15, 0.2) is 24.4 Å². The lowest BCUT2D eigenvalue weighted by Crippen LogP contribution is -2.00. The third-order valence-electron chi connectivity index (χ3n) is 3.19. The molecule has 1 heterocycles. The van der Waals surface area contributed by atoms with Crippen molar-refractivity contribution in [3.63, 3.8) is 0 Å². The maximum Gasteiger partial charge on any atom is 0.161 e. The number of aromatic nitrogens is 3. The van der Waals surface area contributed by atoms with Gasteiger partial charge in [0.2, 0.25) is 0 Å². The van der Waals surface area contributed by atoms with Crippen molar-refractivity contribution >= 4 is 0 Å². The molecular formula is C16H23N3O2. The monoisotopic (exact) mass is 289 g/mol. The summed E-state index contributed by atoms with van der Waals surface area (Å²) in [6.45, 7) is 8.13. The van der Waals surface area contributed by atoms with Gasteiger partial charge in [-0.05, 0) is 51.3 Å². The first-order valence-corrected chi connectivity index (χ1v) is 7.54. The number of hydrogen-bond acceptors (Lipinski definition) is 4. The van der Waals surface area contributed by atoms with Crippen LogP contribution in [0.3, 0.4) is 0 Å². The van der Waals surface area contributed by atoms with Crippen LogP contribution in [-0.2, 0) is 19.4 Å². The van der Waals surface area contributed by atoms with Gasteiger partial charge in [0.05, 0.1) is 18.9 Å². The molecule has 0 bridgehead atoms. The number of hydrogen-bond donors (Lipinski definition) is 0. The topological polar surface area (TPSA) is 49.2 Å². The Morgan fingerprint density at radius 1 is 1.00 bits per heavy atom. The van der Waals surface area contributed by atoms with Gasteiger partial charge in [0.1, 0.15) is 0 Å². The van der Waals surface area contributed by atoms with Gasteiger partial charge in [-0.1, -0.05) is 11.3 Å². The van der Waals surface area contributed by atoms with Crippen LogP contribution in [-0.4, -0.2) is 28.2 Å². The van der Waals surface area contributed by atoms with E-state index >= 15 is 0 Å². The van der Waals surface area contributed by atoms with Gasteiger partial charge in [-0.15, -0.1) is 5.10 Å². The van der Waals surface area contributed by atoms with Crippen LogP contribution in [0.25, 0.3) is 0 Å². The zero-order chi connectivity index (χ0) is 15.1. The van der Waals surface area contributed by atoms with E-state index < -0.39 is 0 Å². The first kappa shape index (κ1) is 15.4. The summed E-state index contributed by atoms with van der Waals surface area (Å²) < 4.78 is 13.1. The maximum absolute atomic E-state index is 5.65. The van der Waals surface area contributed by atoms with Crippen molar-refractivity contribution in [2.24, 2.45) is 0 Å². The summed E-state index contributed by atoms with van der Waals surface area (Å²) in [6, 6.07) is 6.11. The molecule has 0 amide bonds. The lowest BCUT2D eigenvalue weighted by molar-refractivity contribution is 0.287. The third-order valence-corrected chi connectivity index (χ3v) is 3.19. The highest BCUT2D eigenvalue weighted by atomic mass is 16.5. The molecule has 0 fully saturated rings. The average Bonchev–Trinajstić information content (AvgIpc) is 2.96. The maximum atomic E-state index is 5.65. The van der Waals surface area contributed by atoms with Gasteiger partial charge in [-0.3, -0.25) is 4.68 Å². The van der Waals surface area contributed by atoms with Gasteiger partial charge < -0.3 is 9.47 Å². The second-order valence-corrected chi connectivity index (χ2v) is 4.71. The number of rotatable bonds is 8. The summed E-state index contributed by atoms with van der Waals surface area (Å²) in [7, 11) is 0. The van der Waals surface area contributed by atoms with Crippen LogP contribution in [0.4, 0.5) is 0 Å². The van der Waals surface area contributed by atoms with E-state index in [0.29, 0.717) is 13.2 Å². The Morgan fingerprint density at radius 3 is 2.43 bits per heavy atom. The van der Waals surface area contributed by atoms with Crippen molar-refractivity contribution in [2.45, 2.75) is 40.2 Å². The summed E-state index contributed by atoms with van der Waals surface area (Å²) in [4.78, 5) is 0. The Kier molecular flexibility index (Phi) is 5.60. The quantitative estimate of drug-likeness (QED) is 0.750. The highest BCUT2D eigenvalue weighted by Gasteiger charge is 2.07. The van der Waals surface area contributed by atoms with Crippen molar-refractivity contribution in [1.29, 1.82) is 0 Å². The Hall–Kier alpha value is -2.04. The molecule has 114 valence electrons. The summed E-state index contributed by atoms with van der Waals surface area (Å²) in [5.41, 5.74) is 2.23. The molecule has 2 rings (SSSR count). The molecule has 0 aliphatic rings. The Bertz CT molecular complexity index is 566. The van der Waals surface area contributed by atoms with Crippen molar-refractivity contribution in [3.8, 4) is 11.5 Å². The zero-order valence-electron chi connectivity index (χ0n) is 13.0. The SMILES string of the molecule is CCOc1ccc(CCc2cn(CC)nn2)cc1OCC. The van der Waals surface area contributed by atoms with Crippen molar-refractivity contribution in [1.82, 2.24) is 15.0 Å². The van der Waals surface area contributed by atoms with Crippen LogP contribution < -0.4 is 9.47 Å². The fourth-order valence-electron chi connectivity index (χ4n) is 2.13. The summed E-state index contributed by atoms with van der Waals surface area (Å²) in [6.07, 6.45) is 3.78. The number of nitrogens with zero attached hydrogens (tertiary/aromatic N) is 3. The zero-order valence-corrected chi connectivity index (χ0v) is 13.0. The second-order valence-electron chi connectivity index (χ2n) is 4.71. The van der Waals surface area contributed by atoms with E-state index in [1.54, 1.807) is 0 Å². The molecule has 0 atom stereocenters. The number of benzene rings is 1. The van der Waals surface area contributed by atoms with E-state index in [2.05, 4.69) is 29.4 Å². The molecular weight excluding hydrogens is 266 g/mol. The fourth-order valence-corrected chi connectivity index (χ4v) is 2.13. The number of ether oxygens (including phenoxy) is 2. The Morgan fingerprint density at radius 2 is 1.76 bits per heavy atom. The third kappa shape index (κ3) is 4.21. The highest BCUT2D eigenvalue weighted by molar-refractivity contribution is 5.43. The van der Waals surface area contributed by atoms with Gasteiger partial charge in [-0.25, -0.2) is 0 Å². The lowest BCUT2D eigenvalue weighted by atomic mass is 10.1. The summed E-state index contributed by atoms with van der Waals surface area (Å²) in [5.74, 6) is 1.62. The van der Waals surface area contributed by atoms with E-state index in [-0.39, 0.29) is 0 Å². The highest BCUT2D eigenvalue weighted by Crippen LogP contribution is 2.28. The molecule has 21 heavy (non-hydrogen) atoms.